The summed E-state index contributed by atoms with van der Waals surface area (Å²) in [5, 5.41) is 3.02. The topological polar surface area (TPSA) is 84.5 Å². The number of rotatable bonds is 7. The summed E-state index contributed by atoms with van der Waals surface area (Å²) < 4.78 is 33.0. The maximum absolute atomic E-state index is 12.7. The minimum atomic E-state index is -3.93. The van der Waals surface area contributed by atoms with E-state index in [9.17, 15) is 13.2 Å². The predicted molar refractivity (Wildman–Crippen MR) is 118 cm³/mol. The van der Waals surface area contributed by atoms with Gasteiger partial charge in [-0.2, -0.15) is 0 Å². The summed E-state index contributed by atoms with van der Waals surface area (Å²) in [6, 6.07) is 17.9. The van der Waals surface area contributed by atoms with Crippen molar-refractivity contribution in [1.29, 1.82) is 0 Å². The van der Waals surface area contributed by atoms with Crippen molar-refractivity contribution >= 4 is 44.8 Å². The van der Waals surface area contributed by atoms with Gasteiger partial charge in [0, 0.05) is 17.8 Å². The molecule has 0 spiro atoms. The molecule has 0 radical (unpaired) electrons. The highest BCUT2D eigenvalue weighted by Crippen LogP contribution is 2.28. The van der Waals surface area contributed by atoms with E-state index in [1.54, 1.807) is 24.3 Å². The first kappa shape index (κ1) is 22.1. The van der Waals surface area contributed by atoms with E-state index in [0.29, 0.717) is 16.5 Å². The number of nitrogens with one attached hydrogen (secondary N) is 2. The van der Waals surface area contributed by atoms with E-state index in [-0.39, 0.29) is 22.0 Å². The number of anilines is 1. The first-order valence-electron chi connectivity index (χ1n) is 8.78. The van der Waals surface area contributed by atoms with Crippen LogP contribution in [0.25, 0.3) is 0 Å². The smallest absolute Gasteiger partial charge is 0.255 e. The molecule has 0 aliphatic carbocycles. The van der Waals surface area contributed by atoms with Crippen LogP contribution in [0, 0.1) is 0 Å². The Morgan fingerprint density at radius 2 is 1.70 bits per heavy atom. The lowest BCUT2D eigenvalue weighted by molar-refractivity contribution is 0.102. The Morgan fingerprint density at radius 1 is 0.967 bits per heavy atom. The van der Waals surface area contributed by atoms with Crippen LogP contribution < -0.4 is 14.8 Å². The van der Waals surface area contributed by atoms with E-state index in [0.717, 1.165) is 5.56 Å². The van der Waals surface area contributed by atoms with E-state index in [1.807, 2.05) is 18.2 Å². The van der Waals surface area contributed by atoms with Gasteiger partial charge in [0.05, 0.1) is 17.2 Å². The molecule has 0 aliphatic rings. The Kier molecular flexibility index (Phi) is 6.99. The van der Waals surface area contributed by atoms with Crippen LogP contribution in [0.1, 0.15) is 15.9 Å². The second-order valence-corrected chi connectivity index (χ2v) is 8.81. The van der Waals surface area contributed by atoms with Crippen LogP contribution in [0.2, 0.25) is 10.0 Å². The molecule has 6 nitrogen and oxygen atoms in total. The number of sulfonamides is 1. The third-order valence-corrected chi connectivity index (χ3v) is 6.38. The standard InChI is InChI=1S/C21H18Cl2N2O4S/c1-29-19-10-8-16(12-18(19)23)25-21(26)15-7-9-17(22)20(11-15)30(27,28)24-13-14-5-3-2-4-6-14/h2-12,24H,13H2,1H3,(H,25,26). The molecule has 0 saturated carbocycles. The SMILES string of the molecule is COc1ccc(NC(=O)c2ccc(Cl)c(S(=O)(=O)NCc3ccccc3)c2)cc1Cl. The van der Waals surface area contributed by atoms with Gasteiger partial charge >= 0.3 is 0 Å². The number of hydrogen-bond donors (Lipinski definition) is 2. The molecule has 9 heteroatoms. The average Bonchev–Trinajstić information content (AvgIpc) is 2.73. The van der Waals surface area contributed by atoms with Gasteiger partial charge < -0.3 is 10.1 Å². The van der Waals surface area contributed by atoms with Crippen molar-refractivity contribution in [2.45, 2.75) is 11.4 Å². The third kappa shape index (κ3) is 5.31. The quantitative estimate of drug-likeness (QED) is 0.528. The number of carbonyl (C=O) groups is 1. The van der Waals surface area contributed by atoms with Gasteiger partial charge in [0.1, 0.15) is 10.6 Å². The van der Waals surface area contributed by atoms with Crippen molar-refractivity contribution in [3.8, 4) is 5.75 Å². The Bertz CT molecular complexity index is 1170. The van der Waals surface area contributed by atoms with E-state index in [1.165, 1.54) is 31.4 Å². The lowest BCUT2D eigenvalue weighted by atomic mass is 10.2. The molecule has 2 N–H and O–H groups in total. The molecule has 30 heavy (non-hydrogen) atoms. The van der Waals surface area contributed by atoms with Crippen LogP contribution in [0.3, 0.4) is 0 Å². The molecule has 0 bridgehead atoms. The van der Waals surface area contributed by atoms with Gasteiger partial charge in [-0.3, -0.25) is 4.79 Å². The minimum absolute atomic E-state index is 0.0135. The summed E-state index contributed by atoms with van der Waals surface area (Å²) in [7, 11) is -2.45. The molecule has 0 aliphatic heterocycles. The highest BCUT2D eigenvalue weighted by molar-refractivity contribution is 7.89. The van der Waals surface area contributed by atoms with Crippen LogP contribution in [-0.2, 0) is 16.6 Å². The van der Waals surface area contributed by atoms with Gasteiger partial charge in [0.15, 0.2) is 0 Å². The van der Waals surface area contributed by atoms with Gasteiger partial charge in [0.25, 0.3) is 5.91 Å². The van der Waals surface area contributed by atoms with Crippen molar-refractivity contribution in [2.75, 3.05) is 12.4 Å². The first-order valence-corrected chi connectivity index (χ1v) is 11.0. The Balaban J connectivity index is 1.80. The number of amides is 1. The molecule has 3 aromatic rings. The molecule has 0 aromatic heterocycles. The molecular weight excluding hydrogens is 447 g/mol. The highest BCUT2D eigenvalue weighted by atomic mass is 35.5. The number of carbonyl (C=O) groups excluding carboxylic acids is 1. The van der Waals surface area contributed by atoms with Crippen molar-refractivity contribution in [1.82, 2.24) is 4.72 Å². The van der Waals surface area contributed by atoms with Crippen LogP contribution in [0.15, 0.2) is 71.6 Å². The lowest BCUT2D eigenvalue weighted by Crippen LogP contribution is -2.24. The fraction of sp³-hybridized carbons (Fsp3) is 0.0952. The van der Waals surface area contributed by atoms with Crippen molar-refractivity contribution in [3.63, 3.8) is 0 Å². The fourth-order valence-electron chi connectivity index (χ4n) is 2.65. The number of benzene rings is 3. The fourth-order valence-corrected chi connectivity index (χ4v) is 4.45. The summed E-state index contributed by atoms with van der Waals surface area (Å²) >= 11 is 12.2. The van der Waals surface area contributed by atoms with E-state index in [4.69, 9.17) is 27.9 Å². The molecule has 0 unspecified atom stereocenters. The summed E-state index contributed by atoms with van der Waals surface area (Å²) in [4.78, 5) is 12.4. The molecule has 3 aromatic carbocycles. The normalized spacial score (nSPS) is 11.2. The first-order chi connectivity index (χ1) is 14.3. The second kappa shape index (κ2) is 9.49. The Morgan fingerprint density at radius 3 is 2.37 bits per heavy atom. The number of ether oxygens (including phenoxy) is 1. The zero-order chi connectivity index (χ0) is 21.7. The summed E-state index contributed by atoms with van der Waals surface area (Å²) in [6.45, 7) is 0.0975. The van der Waals surface area contributed by atoms with Crippen LogP contribution >= 0.6 is 23.2 Å². The second-order valence-electron chi connectivity index (χ2n) is 6.26. The molecular formula is C21H18Cl2N2O4S. The maximum atomic E-state index is 12.7. The van der Waals surface area contributed by atoms with Crippen LogP contribution in [0.4, 0.5) is 5.69 Å². The van der Waals surface area contributed by atoms with Crippen molar-refractivity contribution in [2.24, 2.45) is 0 Å². The number of methoxy groups -OCH3 is 1. The molecule has 0 atom stereocenters. The molecule has 156 valence electrons. The molecule has 0 saturated heterocycles. The molecule has 0 fully saturated rings. The molecule has 0 heterocycles. The lowest BCUT2D eigenvalue weighted by Gasteiger charge is -2.11. The van der Waals surface area contributed by atoms with Crippen LogP contribution in [0.5, 0.6) is 5.75 Å². The monoisotopic (exact) mass is 464 g/mol. The third-order valence-electron chi connectivity index (χ3n) is 4.20. The van der Waals surface area contributed by atoms with E-state index < -0.39 is 15.9 Å². The Labute approximate surface area is 184 Å². The zero-order valence-corrected chi connectivity index (χ0v) is 18.2. The van der Waals surface area contributed by atoms with Gasteiger partial charge in [0.2, 0.25) is 10.0 Å². The average molecular weight is 465 g/mol. The summed E-state index contributed by atoms with van der Waals surface area (Å²) in [6.07, 6.45) is 0. The Hall–Kier alpha value is -2.58. The van der Waals surface area contributed by atoms with E-state index in [2.05, 4.69) is 10.0 Å². The summed E-state index contributed by atoms with van der Waals surface area (Å²) in [5.74, 6) is -0.0357. The van der Waals surface area contributed by atoms with Crippen molar-refractivity contribution < 1.29 is 17.9 Å². The zero-order valence-electron chi connectivity index (χ0n) is 15.9. The molecule has 1 amide bonds. The highest BCUT2D eigenvalue weighted by Gasteiger charge is 2.20. The number of halogens is 2. The van der Waals surface area contributed by atoms with Gasteiger partial charge in [-0.15, -0.1) is 0 Å². The van der Waals surface area contributed by atoms with Gasteiger partial charge in [-0.05, 0) is 42.0 Å². The van der Waals surface area contributed by atoms with Gasteiger partial charge in [-0.1, -0.05) is 53.5 Å². The minimum Gasteiger partial charge on any atom is -0.495 e. The van der Waals surface area contributed by atoms with E-state index >= 15 is 0 Å². The number of hydrogen-bond acceptors (Lipinski definition) is 4. The van der Waals surface area contributed by atoms with Crippen LogP contribution in [-0.4, -0.2) is 21.4 Å². The predicted octanol–water partition coefficient (Wildman–Crippen LogP) is 4.73. The van der Waals surface area contributed by atoms with Crippen molar-refractivity contribution in [3.05, 3.63) is 87.9 Å². The summed E-state index contributed by atoms with van der Waals surface area (Å²) in [5.41, 5.74) is 1.36. The largest absolute Gasteiger partial charge is 0.495 e. The molecule has 3 rings (SSSR count). The van der Waals surface area contributed by atoms with Gasteiger partial charge in [-0.25, -0.2) is 13.1 Å². The maximum Gasteiger partial charge on any atom is 0.255 e.